The summed E-state index contributed by atoms with van der Waals surface area (Å²) in [5.41, 5.74) is 0. The molecule has 1 aliphatic carbocycles. The van der Waals surface area contributed by atoms with Gasteiger partial charge < -0.3 is 0 Å². The van der Waals surface area contributed by atoms with E-state index in [0.717, 1.165) is 17.3 Å². The van der Waals surface area contributed by atoms with Crippen molar-refractivity contribution >= 4 is 25.8 Å². The third kappa shape index (κ3) is 2.36. The molecule has 0 unspecified atom stereocenters. The Hall–Kier alpha value is -0.350. The van der Waals surface area contributed by atoms with Gasteiger partial charge in [-0.3, -0.25) is 0 Å². The summed E-state index contributed by atoms with van der Waals surface area (Å²) in [6.45, 7) is 0. The fourth-order valence-corrected chi connectivity index (χ4v) is 3.29. The first kappa shape index (κ1) is 10.2. The Morgan fingerprint density at radius 2 is 1.79 bits per heavy atom. The van der Waals surface area contributed by atoms with Crippen LogP contribution in [0.15, 0.2) is 33.6 Å². The third-order valence-corrected chi connectivity index (χ3v) is 4.75. The standard InChI is InChI=1S/C10H11BrO2S/c11-9-3-5-10(6-4-9)14(12,13)7-8-1-2-8/h3-6,8H,1-2,7H2. The molecule has 0 saturated heterocycles. The van der Waals surface area contributed by atoms with Gasteiger partial charge in [0.25, 0.3) is 0 Å². The van der Waals surface area contributed by atoms with Gasteiger partial charge in [0.15, 0.2) is 9.84 Å². The van der Waals surface area contributed by atoms with E-state index in [-0.39, 0.29) is 0 Å². The Morgan fingerprint density at radius 3 is 2.29 bits per heavy atom. The SMILES string of the molecule is O=S(=O)(CC1CC1)c1ccc(Br)cc1. The normalized spacial score (nSPS) is 16.9. The maximum absolute atomic E-state index is 11.8. The zero-order valence-electron chi connectivity index (χ0n) is 7.61. The molecular weight excluding hydrogens is 264 g/mol. The van der Waals surface area contributed by atoms with Crippen molar-refractivity contribution in [2.75, 3.05) is 5.75 Å². The molecule has 1 fully saturated rings. The molecule has 0 bridgehead atoms. The molecule has 2 rings (SSSR count). The number of sulfone groups is 1. The summed E-state index contributed by atoms with van der Waals surface area (Å²) in [5, 5.41) is 0. The number of hydrogen-bond acceptors (Lipinski definition) is 2. The minimum atomic E-state index is -3.03. The summed E-state index contributed by atoms with van der Waals surface area (Å²) < 4.78 is 24.5. The van der Waals surface area contributed by atoms with E-state index in [4.69, 9.17) is 0 Å². The lowest BCUT2D eigenvalue weighted by molar-refractivity contribution is 0.592. The molecule has 1 aromatic carbocycles. The zero-order valence-corrected chi connectivity index (χ0v) is 10.0. The highest BCUT2D eigenvalue weighted by Gasteiger charge is 2.28. The molecule has 14 heavy (non-hydrogen) atoms. The second-order valence-electron chi connectivity index (χ2n) is 3.68. The van der Waals surface area contributed by atoms with Crippen LogP contribution in [0.25, 0.3) is 0 Å². The van der Waals surface area contributed by atoms with E-state index in [9.17, 15) is 8.42 Å². The largest absolute Gasteiger partial charge is 0.224 e. The van der Waals surface area contributed by atoms with Crippen molar-refractivity contribution in [3.05, 3.63) is 28.7 Å². The first-order valence-electron chi connectivity index (χ1n) is 4.56. The topological polar surface area (TPSA) is 34.1 Å². The molecule has 1 aliphatic rings. The van der Waals surface area contributed by atoms with Gasteiger partial charge in [-0.25, -0.2) is 8.42 Å². The molecule has 76 valence electrons. The number of benzene rings is 1. The van der Waals surface area contributed by atoms with Gasteiger partial charge >= 0.3 is 0 Å². The maximum Gasteiger partial charge on any atom is 0.178 e. The van der Waals surface area contributed by atoms with Crippen LogP contribution >= 0.6 is 15.9 Å². The van der Waals surface area contributed by atoms with E-state index >= 15 is 0 Å². The van der Waals surface area contributed by atoms with E-state index < -0.39 is 9.84 Å². The van der Waals surface area contributed by atoms with Gasteiger partial charge in [-0.2, -0.15) is 0 Å². The van der Waals surface area contributed by atoms with Crippen LogP contribution in [0.4, 0.5) is 0 Å². The molecule has 0 N–H and O–H groups in total. The summed E-state index contributed by atoms with van der Waals surface area (Å²) in [7, 11) is -3.03. The summed E-state index contributed by atoms with van der Waals surface area (Å²) in [6, 6.07) is 6.84. The summed E-state index contributed by atoms with van der Waals surface area (Å²) in [5.74, 6) is 0.720. The van der Waals surface area contributed by atoms with Crippen LogP contribution in [0.3, 0.4) is 0 Å². The predicted molar refractivity (Wildman–Crippen MR) is 58.9 cm³/mol. The molecular formula is C10H11BrO2S. The Morgan fingerprint density at radius 1 is 1.21 bits per heavy atom. The summed E-state index contributed by atoms with van der Waals surface area (Å²) >= 11 is 3.28. The Labute approximate surface area is 92.4 Å². The molecule has 0 heterocycles. The van der Waals surface area contributed by atoms with Gasteiger partial charge in [-0.05, 0) is 43.0 Å². The van der Waals surface area contributed by atoms with Crippen molar-refractivity contribution < 1.29 is 8.42 Å². The Kier molecular flexibility index (Phi) is 2.66. The van der Waals surface area contributed by atoms with Crippen LogP contribution in [-0.4, -0.2) is 14.2 Å². The fourth-order valence-electron chi connectivity index (χ4n) is 1.33. The minimum absolute atomic E-state index is 0.314. The quantitative estimate of drug-likeness (QED) is 0.849. The smallest absolute Gasteiger partial charge is 0.178 e. The van der Waals surface area contributed by atoms with Crippen molar-refractivity contribution in [2.24, 2.45) is 5.92 Å². The highest BCUT2D eigenvalue weighted by molar-refractivity contribution is 9.10. The first-order chi connectivity index (χ1) is 6.58. The third-order valence-electron chi connectivity index (χ3n) is 2.32. The molecule has 1 saturated carbocycles. The van der Waals surface area contributed by atoms with Crippen LogP contribution in [0.5, 0.6) is 0 Å². The second kappa shape index (κ2) is 3.66. The van der Waals surface area contributed by atoms with Crippen LogP contribution in [0.2, 0.25) is 0 Å². The summed E-state index contributed by atoms with van der Waals surface area (Å²) in [4.78, 5) is 0.438. The van der Waals surface area contributed by atoms with E-state index in [2.05, 4.69) is 15.9 Å². The minimum Gasteiger partial charge on any atom is -0.224 e. The molecule has 4 heteroatoms. The molecule has 0 amide bonds. The molecule has 1 aromatic rings. The fraction of sp³-hybridized carbons (Fsp3) is 0.400. The molecule has 0 atom stereocenters. The van der Waals surface area contributed by atoms with Gasteiger partial charge in [0.05, 0.1) is 10.6 Å². The second-order valence-corrected chi connectivity index (χ2v) is 6.63. The molecule has 0 spiro atoms. The van der Waals surface area contributed by atoms with Crippen LogP contribution in [-0.2, 0) is 9.84 Å². The van der Waals surface area contributed by atoms with Crippen LogP contribution in [0.1, 0.15) is 12.8 Å². The number of rotatable bonds is 3. The number of halogens is 1. The average Bonchev–Trinajstić information content (AvgIpc) is 2.88. The van der Waals surface area contributed by atoms with Gasteiger partial charge in [-0.15, -0.1) is 0 Å². The molecule has 0 aromatic heterocycles. The summed E-state index contributed by atoms with van der Waals surface area (Å²) in [6.07, 6.45) is 2.13. The van der Waals surface area contributed by atoms with E-state index in [1.54, 1.807) is 24.3 Å². The average molecular weight is 275 g/mol. The van der Waals surface area contributed by atoms with Crippen molar-refractivity contribution in [3.8, 4) is 0 Å². The lowest BCUT2D eigenvalue weighted by atomic mass is 10.4. The number of hydrogen-bond donors (Lipinski definition) is 0. The van der Waals surface area contributed by atoms with Gasteiger partial charge in [0.1, 0.15) is 0 Å². The van der Waals surface area contributed by atoms with Gasteiger partial charge in [0.2, 0.25) is 0 Å². The highest BCUT2D eigenvalue weighted by atomic mass is 79.9. The lowest BCUT2D eigenvalue weighted by Crippen LogP contribution is -2.07. The lowest BCUT2D eigenvalue weighted by Gasteiger charge is -2.02. The first-order valence-corrected chi connectivity index (χ1v) is 7.01. The van der Waals surface area contributed by atoms with Crippen molar-refractivity contribution in [2.45, 2.75) is 17.7 Å². The van der Waals surface area contributed by atoms with Gasteiger partial charge in [-0.1, -0.05) is 15.9 Å². The van der Waals surface area contributed by atoms with Crippen molar-refractivity contribution in [3.63, 3.8) is 0 Å². The predicted octanol–water partition coefficient (Wildman–Crippen LogP) is 2.63. The van der Waals surface area contributed by atoms with Gasteiger partial charge in [0, 0.05) is 4.47 Å². The van der Waals surface area contributed by atoms with E-state index in [1.165, 1.54) is 0 Å². The molecule has 2 nitrogen and oxygen atoms in total. The zero-order chi connectivity index (χ0) is 10.2. The van der Waals surface area contributed by atoms with Crippen molar-refractivity contribution in [1.82, 2.24) is 0 Å². The molecule has 0 radical (unpaired) electrons. The Bertz CT molecular complexity index is 418. The Balaban J connectivity index is 2.24. The maximum atomic E-state index is 11.8. The van der Waals surface area contributed by atoms with Crippen molar-refractivity contribution in [1.29, 1.82) is 0 Å². The molecule has 0 aliphatic heterocycles. The van der Waals surface area contributed by atoms with E-state index in [0.29, 0.717) is 16.6 Å². The highest BCUT2D eigenvalue weighted by Crippen LogP contribution is 2.32. The van der Waals surface area contributed by atoms with Crippen LogP contribution < -0.4 is 0 Å². The van der Waals surface area contributed by atoms with E-state index in [1.807, 2.05) is 0 Å². The monoisotopic (exact) mass is 274 g/mol. The van der Waals surface area contributed by atoms with Crippen LogP contribution in [0, 0.1) is 5.92 Å².